The molecular weight excluding hydrogens is 254 g/mol. The monoisotopic (exact) mass is 283 g/mol. The van der Waals surface area contributed by atoms with Crippen LogP contribution in [0.5, 0.6) is 0 Å². The molecule has 1 aliphatic carbocycles. The quantitative estimate of drug-likeness (QED) is 0.787. The van der Waals surface area contributed by atoms with Crippen molar-refractivity contribution >= 4 is 11.9 Å². The highest BCUT2D eigenvalue weighted by molar-refractivity contribution is 5.79. The molecule has 20 heavy (non-hydrogen) atoms. The van der Waals surface area contributed by atoms with Crippen molar-refractivity contribution in [2.45, 2.75) is 59.8 Å². The molecule has 1 rings (SSSR count). The third-order valence-electron chi connectivity index (χ3n) is 4.71. The molecule has 4 heteroatoms. The summed E-state index contributed by atoms with van der Waals surface area (Å²) in [6, 6.07) is 0. The van der Waals surface area contributed by atoms with Crippen molar-refractivity contribution in [1.82, 2.24) is 5.32 Å². The number of carboxylic acid groups (broad SMARTS) is 1. The lowest BCUT2D eigenvalue weighted by Gasteiger charge is -2.30. The fraction of sp³-hybridized carbons (Fsp3) is 0.875. The number of carbonyl (C=O) groups is 2. The summed E-state index contributed by atoms with van der Waals surface area (Å²) in [6.45, 7) is 8.32. The number of carboxylic acids is 1. The van der Waals surface area contributed by atoms with Gasteiger partial charge < -0.3 is 10.4 Å². The Morgan fingerprint density at radius 1 is 1.20 bits per heavy atom. The number of nitrogens with one attached hydrogen (secondary N) is 1. The van der Waals surface area contributed by atoms with Gasteiger partial charge in [0.1, 0.15) is 0 Å². The van der Waals surface area contributed by atoms with Crippen LogP contribution in [0, 0.1) is 23.2 Å². The van der Waals surface area contributed by atoms with Gasteiger partial charge in [0.2, 0.25) is 5.91 Å². The summed E-state index contributed by atoms with van der Waals surface area (Å²) in [5, 5.41) is 11.9. The van der Waals surface area contributed by atoms with Crippen LogP contribution in [0.2, 0.25) is 0 Å². The first-order valence-corrected chi connectivity index (χ1v) is 7.75. The van der Waals surface area contributed by atoms with Crippen LogP contribution in [0.1, 0.15) is 59.8 Å². The second kappa shape index (κ2) is 7.09. The highest BCUT2D eigenvalue weighted by Crippen LogP contribution is 2.33. The number of hydrogen-bond acceptors (Lipinski definition) is 2. The topological polar surface area (TPSA) is 66.4 Å². The molecule has 1 fully saturated rings. The Morgan fingerprint density at radius 3 is 2.20 bits per heavy atom. The molecule has 0 aliphatic heterocycles. The van der Waals surface area contributed by atoms with Gasteiger partial charge in [-0.1, -0.05) is 13.8 Å². The van der Waals surface area contributed by atoms with Gasteiger partial charge in [0.25, 0.3) is 0 Å². The van der Waals surface area contributed by atoms with E-state index in [1.54, 1.807) is 13.8 Å². The third kappa shape index (κ3) is 4.80. The van der Waals surface area contributed by atoms with Gasteiger partial charge in [0.05, 0.1) is 5.41 Å². The van der Waals surface area contributed by atoms with Crippen molar-refractivity contribution in [3.63, 3.8) is 0 Å². The van der Waals surface area contributed by atoms with Crippen LogP contribution in [-0.4, -0.2) is 23.5 Å². The Labute approximate surface area is 122 Å². The summed E-state index contributed by atoms with van der Waals surface area (Å²) in [4.78, 5) is 23.1. The lowest BCUT2D eigenvalue weighted by Crippen LogP contribution is -2.37. The van der Waals surface area contributed by atoms with Gasteiger partial charge in [-0.2, -0.15) is 0 Å². The fourth-order valence-electron chi connectivity index (χ4n) is 2.80. The predicted octanol–water partition coefficient (Wildman–Crippen LogP) is 3.07. The third-order valence-corrected chi connectivity index (χ3v) is 4.71. The van der Waals surface area contributed by atoms with Gasteiger partial charge in [-0.3, -0.25) is 9.59 Å². The maximum Gasteiger partial charge on any atom is 0.309 e. The van der Waals surface area contributed by atoms with Gasteiger partial charge in [0.15, 0.2) is 0 Å². The van der Waals surface area contributed by atoms with Crippen molar-refractivity contribution < 1.29 is 14.7 Å². The van der Waals surface area contributed by atoms with E-state index in [1.807, 2.05) is 0 Å². The minimum atomic E-state index is -0.816. The molecule has 2 N–H and O–H groups in total. The lowest BCUT2D eigenvalue weighted by molar-refractivity contribution is -0.147. The summed E-state index contributed by atoms with van der Waals surface area (Å²) in [5.74, 6) is 0.871. The fourth-order valence-corrected chi connectivity index (χ4v) is 2.80. The molecule has 1 aliphatic rings. The van der Waals surface area contributed by atoms with E-state index in [0.29, 0.717) is 18.9 Å². The summed E-state index contributed by atoms with van der Waals surface area (Å²) < 4.78 is 0. The summed E-state index contributed by atoms with van der Waals surface area (Å²) in [5.41, 5.74) is -0.775. The van der Waals surface area contributed by atoms with Crippen LogP contribution >= 0.6 is 0 Å². The van der Waals surface area contributed by atoms with Crippen LogP contribution in [0.4, 0.5) is 0 Å². The molecule has 0 aromatic heterocycles. The highest BCUT2D eigenvalue weighted by Gasteiger charge is 2.29. The first kappa shape index (κ1) is 17.0. The molecule has 0 aromatic rings. The maximum atomic E-state index is 12.1. The van der Waals surface area contributed by atoms with Crippen molar-refractivity contribution in [3.05, 3.63) is 0 Å². The molecule has 0 spiro atoms. The zero-order valence-electron chi connectivity index (χ0n) is 13.2. The Morgan fingerprint density at radius 2 is 1.75 bits per heavy atom. The van der Waals surface area contributed by atoms with Crippen molar-refractivity contribution in [1.29, 1.82) is 0 Å². The van der Waals surface area contributed by atoms with Gasteiger partial charge in [-0.05, 0) is 57.8 Å². The Hall–Kier alpha value is -1.06. The van der Waals surface area contributed by atoms with Gasteiger partial charge in [0, 0.05) is 12.5 Å². The van der Waals surface area contributed by atoms with Crippen molar-refractivity contribution in [3.8, 4) is 0 Å². The van der Waals surface area contributed by atoms with Gasteiger partial charge >= 0.3 is 5.97 Å². The summed E-state index contributed by atoms with van der Waals surface area (Å²) >= 11 is 0. The average Bonchev–Trinajstić information content (AvgIpc) is 2.38. The second-order valence-corrected chi connectivity index (χ2v) is 7.09. The van der Waals surface area contributed by atoms with E-state index in [2.05, 4.69) is 19.2 Å². The van der Waals surface area contributed by atoms with E-state index in [4.69, 9.17) is 5.11 Å². The maximum absolute atomic E-state index is 12.1. The van der Waals surface area contributed by atoms with Gasteiger partial charge in [-0.25, -0.2) is 0 Å². The van der Waals surface area contributed by atoms with E-state index in [1.165, 1.54) is 0 Å². The molecule has 0 bridgehead atoms. The minimum absolute atomic E-state index is 0.105. The standard InChI is InChI=1S/C16H29NO3/c1-11(2)12-5-7-13(8-6-12)14(18)17-10-9-16(3,4)15(19)20/h11-13H,5-10H2,1-4H3,(H,17,18)(H,19,20). The van der Waals surface area contributed by atoms with Gasteiger partial charge in [-0.15, -0.1) is 0 Å². The molecule has 4 nitrogen and oxygen atoms in total. The van der Waals surface area contributed by atoms with E-state index >= 15 is 0 Å². The molecule has 1 amide bonds. The molecule has 0 heterocycles. The Balaban J connectivity index is 2.29. The van der Waals surface area contributed by atoms with E-state index in [9.17, 15) is 9.59 Å². The summed E-state index contributed by atoms with van der Waals surface area (Å²) in [7, 11) is 0. The zero-order valence-corrected chi connectivity index (χ0v) is 13.2. The normalized spacial score (nSPS) is 23.6. The highest BCUT2D eigenvalue weighted by atomic mass is 16.4. The number of carbonyl (C=O) groups excluding carboxylic acids is 1. The van der Waals surface area contributed by atoms with E-state index in [0.717, 1.165) is 31.6 Å². The van der Waals surface area contributed by atoms with Crippen LogP contribution in [0.15, 0.2) is 0 Å². The van der Waals surface area contributed by atoms with E-state index < -0.39 is 11.4 Å². The largest absolute Gasteiger partial charge is 0.481 e. The number of hydrogen-bond donors (Lipinski definition) is 2. The molecular formula is C16H29NO3. The zero-order chi connectivity index (χ0) is 15.3. The molecule has 0 aromatic carbocycles. The van der Waals surface area contributed by atoms with Crippen LogP contribution < -0.4 is 5.32 Å². The van der Waals surface area contributed by atoms with Crippen LogP contribution in [-0.2, 0) is 9.59 Å². The predicted molar refractivity (Wildman–Crippen MR) is 79.3 cm³/mol. The summed E-state index contributed by atoms with van der Waals surface area (Å²) in [6.07, 6.45) is 4.68. The minimum Gasteiger partial charge on any atom is -0.481 e. The lowest BCUT2D eigenvalue weighted by atomic mass is 9.76. The average molecular weight is 283 g/mol. The van der Waals surface area contributed by atoms with E-state index in [-0.39, 0.29) is 11.8 Å². The smallest absolute Gasteiger partial charge is 0.309 e. The van der Waals surface area contributed by atoms with Crippen LogP contribution in [0.25, 0.3) is 0 Å². The van der Waals surface area contributed by atoms with Crippen molar-refractivity contribution in [2.75, 3.05) is 6.54 Å². The van der Waals surface area contributed by atoms with Crippen LogP contribution in [0.3, 0.4) is 0 Å². The molecule has 0 unspecified atom stereocenters. The molecule has 116 valence electrons. The van der Waals surface area contributed by atoms with Crippen molar-refractivity contribution in [2.24, 2.45) is 23.2 Å². The second-order valence-electron chi connectivity index (χ2n) is 7.09. The molecule has 0 radical (unpaired) electrons. The number of rotatable bonds is 6. The first-order valence-electron chi connectivity index (χ1n) is 7.75. The Bertz CT molecular complexity index is 342. The molecule has 0 atom stereocenters. The molecule has 0 saturated heterocycles. The molecule has 1 saturated carbocycles. The number of aliphatic carboxylic acids is 1. The Kier molecular flexibility index (Phi) is 6.03. The first-order chi connectivity index (χ1) is 9.24. The SMILES string of the molecule is CC(C)C1CCC(C(=O)NCCC(C)(C)C(=O)O)CC1. The number of amides is 1.